The standard InChI is InChI=1S/C11H16N2O3S/c1-4-13-10(14)8-6(3)7(9(12)17-8)11(15)16-5-2/h4-5,12H2,1-3H3,(H,13,14). The molecule has 17 heavy (non-hydrogen) atoms. The number of carbonyl (C=O) groups is 2. The van der Waals surface area contributed by atoms with Crippen molar-refractivity contribution in [1.82, 2.24) is 5.32 Å². The largest absolute Gasteiger partial charge is 0.462 e. The number of ether oxygens (including phenoxy) is 1. The lowest BCUT2D eigenvalue weighted by Gasteiger charge is -2.03. The molecule has 1 rings (SSSR count). The first-order valence-electron chi connectivity index (χ1n) is 5.37. The molecule has 0 saturated heterocycles. The third-order valence-electron chi connectivity index (χ3n) is 2.20. The van der Waals surface area contributed by atoms with Crippen molar-refractivity contribution in [2.75, 3.05) is 18.9 Å². The number of nitrogens with two attached hydrogens (primary N) is 1. The van der Waals surface area contributed by atoms with Crippen molar-refractivity contribution in [3.63, 3.8) is 0 Å². The molecular weight excluding hydrogens is 240 g/mol. The summed E-state index contributed by atoms with van der Waals surface area (Å²) in [5.41, 5.74) is 6.63. The van der Waals surface area contributed by atoms with Crippen molar-refractivity contribution in [3.8, 4) is 0 Å². The van der Waals surface area contributed by atoms with Crippen LogP contribution >= 0.6 is 11.3 Å². The summed E-state index contributed by atoms with van der Waals surface area (Å²) in [6.07, 6.45) is 0. The Morgan fingerprint density at radius 1 is 1.41 bits per heavy atom. The average molecular weight is 256 g/mol. The monoisotopic (exact) mass is 256 g/mol. The topological polar surface area (TPSA) is 81.4 Å². The Bertz CT molecular complexity index is 440. The Hall–Kier alpha value is -1.56. The van der Waals surface area contributed by atoms with Crippen molar-refractivity contribution in [2.45, 2.75) is 20.8 Å². The third-order valence-corrected chi connectivity index (χ3v) is 3.32. The summed E-state index contributed by atoms with van der Waals surface area (Å²) in [6.45, 7) is 6.06. The van der Waals surface area contributed by atoms with Gasteiger partial charge in [-0.3, -0.25) is 4.79 Å². The van der Waals surface area contributed by atoms with E-state index in [0.717, 1.165) is 11.3 Å². The normalized spacial score (nSPS) is 10.1. The summed E-state index contributed by atoms with van der Waals surface area (Å²) in [5.74, 6) is -0.688. The number of thiophene rings is 1. The van der Waals surface area contributed by atoms with Gasteiger partial charge in [0.2, 0.25) is 0 Å². The van der Waals surface area contributed by atoms with E-state index in [-0.39, 0.29) is 12.5 Å². The number of amides is 1. The van der Waals surface area contributed by atoms with Crippen LogP contribution in [0.1, 0.15) is 39.4 Å². The summed E-state index contributed by atoms with van der Waals surface area (Å²) in [6, 6.07) is 0. The second-order valence-electron chi connectivity index (χ2n) is 3.38. The first-order chi connectivity index (χ1) is 8.02. The van der Waals surface area contributed by atoms with Gasteiger partial charge in [-0.05, 0) is 26.3 Å². The van der Waals surface area contributed by atoms with Gasteiger partial charge in [0.05, 0.1) is 17.0 Å². The van der Waals surface area contributed by atoms with Gasteiger partial charge in [-0.15, -0.1) is 11.3 Å². The predicted molar refractivity (Wildman–Crippen MR) is 67.4 cm³/mol. The molecule has 0 spiro atoms. The smallest absolute Gasteiger partial charge is 0.341 e. The van der Waals surface area contributed by atoms with Crippen LogP contribution in [0.15, 0.2) is 0 Å². The number of nitrogen functional groups attached to an aromatic ring is 1. The van der Waals surface area contributed by atoms with E-state index in [4.69, 9.17) is 10.5 Å². The molecule has 0 aromatic carbocycles. The molecule has 5 nitrogen and oxygen atoms in total. The molecule has 0 atom stereocenters. The van der Waals surface area contributed by atoms with Crippen LogP contribution in [-0.4, -0.2) is 25.0 Å². The van der Waals surface area contributed by atoms with Crippen LogP contribution in [0, 0.1) is 6.92 Å². The molecule has 1 heterocycles. The highest BCUT2D eigenvalue weighted by Gasteiger charge is 2.23. The fraction of sp³-hybridized carbons (Fsp3) is 0.455. The number of anilines is 1. The minimum absolute atomic E-state index is 0.211. The molecule has 0 aliphatic rings. The molecule has 1 aromatic rings. The fourth-order valence-electron chi connectivity index (χ4n) is 1.45. The summed E-state index contributed by atoms with van der Waals surface area (Å²) in [5, 5.41) is 3.00. The van der Waals surface area contributed by atoms with E-state index in [9.17, 15) is 9.59 Å². The lowest BCUT2D eigenvalue weighted by molar-refractivity contribution is 0.0527. The fourth-order valence-corrected chi connectivity index (χ4v) is 2.43. The van der Waals surface area contributed by atoms with Gasteiger partial charge in [-0.2, -0.15) is 0 Å². The first kappa shape index (κ1) is 13.5. The second kappa shape index (κ2) is 5.67. The number of nitrogens with one attached hydrogen (secondary N) is 1. The van der Waals surface area contributed by atoms with Gasteiger partial charge in [0.25, 0.3) is 5.91 Å². The van der Waals surface area contributed by atoms with Crippen LogP contribution in [0.3, 0.4) is 0 Å². The molecule has 0 unspecified atom stereocenters. The van der Waals surface area contributed by atoms with E-state index in [1.54, 1.807) is 13.8 Å². The van der Waals surface area contributed by atoms with Crippen molar-refractivity contribution in [2.24, 2.45) is 0 Å². The molecule has 0 saturated carbocycles. The molecule has 0 fully saturated rings. The summed E-state index contributed by atoms with van der Waals surface area (Å²) >= 11 is 1.11. The van der Waals surface area contributed by atoms with Gasteiger partial charge in [0.1, 0.15) is 5.00 Å². The van der Waals surface area contributed by atoms with Gasteiger partial charge in [-0.1, -0.05) is 0 Å². The zero-order chi connectivity index (χ0) is 13.0. The number of rotatable bonds is 4. The van der Waals surface area contributed by atoms with E-state index in [2.05, 4.69) is 5.32 Å². The summed E-state index contributed by atoms with van der Waals surface area (Å²) in [4.78, 5) is 23.8. The van der Waals surface area contributed by atoms with Crippen molar-refractivity contribution >= 4 is 28.2 Å². The minimum atomic E-state index is -0.478. The molecule has 1 aromatic heterocycles. The summed E-state index contributed by atoms with van der Waals surface area (Å²) < 4.78 is 4.90. The van der Waals surface area contributed by atoms with Gasteiger partial charge in [0, 0.05) is 6.54 Å². The summed E-state index contributed by atoms with van der Waals surface area (Å²) in [7, 11) is 0. The Balaban J connectivity index is 3.09. The Kier molecular flexibility index (Phi) is 4.51. The second-order valence-corrected chi connectivity index (χ2v) is 4.43. The van der Waals surface area contributed by atoms with Gasteiger partial charge >= 0.3 is 5.97 Å². The zero-order valence-corrected chi connectivity index (χ0v) is 10.9. The van der Waals surface area contributed by atoms with Crippen LogP contribution in [0.2, 0.25) is 0 Å². The van der Waals surface area contributed by atoms with Gasteiger partial charge < -0.3 is 15.8 Å². The van der Waals surface area contributed by atoms with E-state index >= 15 is 0 Å². The highest BCUT2D eigenvalue weighted by atomic mass is 32.1. The highest BCUT2D eigenvalue weighted by Crippen LogP contribution is 2.30. The first-order valence-corrected chi connectivity index (χ1v) is 6.18. The van der Waals surface area contributed by atoms with Crippen LogP contribution in [-0.2, 0) is 4.74 Å². The molecule has 0 bridgehead atoms. The number of hydrogen-bond acceptors (Lipinski definition) is 5. The van der Waals surface area contributed by atoms with Crippen molar-refractivity contribution < 1.29 is 14.3 Å². The van der Waals surface area contributed by atoms with Crippen LogP contribution in [0.4, 0.5) is 5.00 Å². The predicted octanol–water partition coefficient (Wildman–Crippen LogP) is 1.57. The molecule has 0 aliphatic heterocycles. The maximum atomic E-state index is 11.7. The number of carbonyl (C=O) groups excluding carboxylic acids is 2. The quantitative estimate of drug-likeness (QED) is 0.801. The van der Waals surface area contributed by atoms with Crippen molar-refractivity contribution in [1.29, 1.82) is 0 Å². The minimum Gasteiger partial charge on any atom is -0.462 e. The maximum absolute atomic E-state index is 11.7. The molecule has 0 aliphatic carbocycles. The molecule has 94 valence electrons. The lowest BCUT2D eigenvalue weighted by atomic mass is 10.1. The van der Waals surface area contributed by atoms with E-state index in [1.807, 2.05) is 6.92 Å². The molecule has 6 heteroatoms. The lowest BCUT2D eigenvalue weighted by Crippen LogP contribution is -2.22. The Labute approximate surface area is 104 Å². The zero-order valence-electron chi connectivity index (χ0n) is 10.1. The van der Waals surface area contributed by atoms with Crippen molar-refractivity contribution in [3.05, 3.63) is 16.0 Å². The number of esters is 1. The van der Waals surface area contributed by atoms with Gasteiger partial charge in [0.15, 0.2) is 0 Å². The van der Waals surface area contributed by atoms with E-state index < -0.39 is 5.97 Å². The average Bonchev–Trinajstić information content (AvgIpc) is 2.55. The molecule has 3 N–H and O–H groups in total. The van der Waals surface area contributed by atoms with E-state index in [1.165, 1.54) is 0 Å². The highest BCUT2D eigenvalue weighted by molar-refractivity contribution is 7.18. The molecule has 1 amide bonds. The SMILES string of the molecule is CCNC(=O)c1sc(N)c(C(=O)OCC)c1C. The Morgan fingerprint density at radius 3 is 2.59 bits per heavy atom. The van der Waals surface area contributed by atoms with Crippen LogP contribution in [0.5, 0.6) is 0 Å². The Morgan fingerprint density at radius 2 is 2.06 bits per heavy atom. The number of hydrogen-bond donors (Lipinski definition) is 2. The maximum Gasteiger partial charge on any atom is 0.341 e. The van der Waals surface area contributed by atoms with E-state index in [0.29, 0.717) is 27.5 Å². The molecular formula is C11H16N2O3S. The third kappa shape index (κ3) is 2.76. The molecule has 0 radical (unpaired) electrons. The van der Waals surface area contributed by atoms with Crippen LogP contribution < -0.4 is 11.1 Å². The van der Waals surface area contributed by atoms with Gasteiger partial charge in [-0.25, -0.2) is 4.79 Å². The van der Waals surface area contributed by atoms with Crippen LogP contribution in [0.25, 0.3) is 0 Å².